The minimum absolute atomic E-state index is 0.0185. The number of benzene rings is 3. The molecule has 3 aromatic carbocycles. The third-order valence-corrected chi connectivity index (χ3v) is 6.17. The maximum Gasteiger partial charge on any atom is 0.348 e. The topological polar surface area (TPSA) is 92.4 Å². The second-order valence-electron chi connectivity index (χ2n) is 8.65. The smallest absolute Gasteiger partial charge is 0.348 e. The van der Waals surface area contributed by atoms with Crippen LogP contribution in [0.15, 0.2) is 75.9 Å². The van der Waals surface area contributed by atoms with Gasteiger partial charge in [-0.25, -0.2) is 4.79 Å². The van der Waals surface area contributed by atoms with Gasteiger partial charge in [-0.3, -0.25) is 4.90 Å². The van der Waals surface area contributed by atoms with E-state index in [1.165, 1.54) is 43.5 Å². The molecule has 2 heterocycles. The molecule has 180 valence electrons. The van der Waals surface area contributed by atoms with E-state index in [1.807, 2.05) is 12.1 Å². The van der Waals surface area contributed by atoms with E-state index >= 15 is 0 Å². The normalized spacial score (nSPS) is 14.2. The molecule has 5 rings (SSSR count). The summed E-state index contributed by atoms with van der Waals surface area (Å²) in [6.07, 6.45) is 3.82. The predicted octanol–water partition coefficient (Wildman–Crippen LogP) is 5.53. The van der Waals surface area contributed by atoms with Crippen molar-refractivity contribution in [2.45, 2.75) is 19.3 Å². The molecule has 4 aromatic rings. The highest BCUT2D eigenvalue weighted by Gasteiger charge is 2.19. The molecule has 0 aliphatic carbocycles. The van der Waals surface area contributed by atoms with Gasteiger partial charge in [0.2, 0.25) is 0 Å². The SMILES string of the molecule is O=c1oc2cc(O)ccc2c(Oc2ccc(OCCN3CCCCC3)cc2)c1-c1ccc(O)cc1. The average Bonchev–Trinajstić information content (AvgIpc) is 2.86. The molecule has 1 fully saturated rings. The van der Waals surface area contributed by atoms with Crippen LogP contribution in [0, 0.1) is 0 Å². The Hall–Kier alpha value is -3.97. The molecule has 0 saturated carbocycles. The van der Waals surface area contributed by atoms with Crippen LogP contribution in [0.1, 0.15) is 19.3 Å². The highest BCUT2D eigenvalue weighted by molar-refractivity contribution is 5.91. The van der Waals surface area contributed by atoms with Gasteiger partial charge >= 0.3 is 5.63 Å². The van der Waals surface area contributed by atoms with E-state index in [4.69, 9.17) is 13.9 Å². The number of rotatable bonds is 7. The number of fused-ring (bicyclic) bond motifs is 1. The second kappa shape index (κ2) is 10.1. The van der Waals surface area contributed by atoms with Gasteiger partial charge in [-0.1, -0.05) is 18.6 Å². The fraction of sp³-hybridized carbons (Fsp3) is 0.250. The summed E-state index contributed by atoms with van der Waals surface area (Å²) in [6.45, 7) is 3.80. The number of phenols is 2. The first kappa shape index (κ1) is 22.8. The average molecular weight is 474 g/mol. The summed E-state index contributed by atoms with van der Waals surface area (Å²) >= 11 is 0. The highest BCUT2D eigenvalue weighted by Crippen LogP contribution is 2.39. The van der Waals surface area contributed by atoms with Crippen LogP contribution in [0.25, 0.3) is 22.1 Å². The Morgan fingerprint density at radius 1 is 0.829 bits per heavy atom. The van der Waals surface area contributed by atoms with E-state index < -0.39 is 5.63 Å². The van der Waals surface area contributed by atoms with Crippen LogP contribution in [-0.2, 0) is 0 Å². The maximum absolute atomic E-state index is 12.9. The van der Waals surface area contributed by atoms with Gasteiger partial charge in [0.05, 0.1) is 5.39 Å². The van der Waals surface area contributed by atoms with E-state index in [-0.39, 0.29) is 22.6 Å². The van der Waals surface area contributed by atoms with Crippen molar-refractivity contribution in [2.75, 3.05) is 26.2 Å². The van der Waals surface area contributed by atoms with Crippen molar-refractivity contribution in [1.29, 1.82) is 0 Å². The van der Waals surface area contributed by atoms with E-state index in [9.17, 15) is 15.0 Å². The quantitative estimate of drug-likeness (QED) is 0.341. The summed E-state index contributed by atoms with van der Waals surface area (Å²) in [5.41, 5.74) is 0.371. The molecule has 1 aromatic heterocycles. The third kappa shape index (κ3) is 5.25. The summed E-state index contributed by atoms with van der Waals surface area (Å²) < 4.78 is 17.6. The van der Waals surface area contributed by atoms with Crippen LogP contribution in [-0.4, -0.2) is 41.4 Å². The fourth-order valence-corrected chi connectivity index (χ4v) is 4.34. The van der Waals surface area contributed by atoms with E-state index in [0.717, 1.165) is 25.4 Å². The summed E-state index contributed by atoms with van der Waals surface area (Å²) in [5, 5.41) is 20.1. The van der Waals surface area contributed by atoms with Gasteiger partial charge in [0, 0.05) is 12.6 Å². The molecule has 0 bridgehead atoms. The number of piperidine rings is 1. The zero-order chi connectivity index (χ0) is 24.2. The number of phenolic OH excluding ortho intramolecular Hbond substituents is 2. The molecule has 0 spiro atoms. The Kier molecular flexibility index (Phi) is 6.59. The van der Waals surface area contributed by atoms with Crippen molar-refractivity contribution in [3.05, 3.63) is 77.2 Å². The molecule has 0 radical (unpaired) electrons. The van der Waals surface area contributed by atoms with Crippen LogP contribution in [0.3, 0.4) is 0 Å². The lowest BCUT2D eigenvalue weighted by molar-refractivity contribution is 0.183. The van der Waals surface area contributed by atoms with E-state index in [1.54, 1.807) is 30.3 Å². The standard InChI is InChI=1S/C28H27NO6/c30-20-6-4-19(5-7-20)26-27(24-13-8-21(31)18-25(24)35-28(26)32)34-23-11-9-22(10-12-23)33-17-16-29-14-2-1-3-15-29/h4-13,18,30-31H,1-3,14-17H2. The molecule has 1 aliphatic rings. The molecular weight excluding hydrogens is 446 g/mol. The fourth-order valence-electron chi connectivity index (χ4n) is 4.34. The first-order valence-electron chi connectivity index (χ1n) is 11.8. The van der Waals surface area contributed by atoms with Crippen molar-refractivity contribution in [3.8, 4) is 39.9 Å². The number of nitrogens with zero attached hydrogens (tertiary/aromatic N) is 1. The summed E-state index contributed by atoms with van der Waals surface area (Å²) in [4.78, 5) is 15.4. The largest absolute Gasteiger partial charge is 0.508 e. The van der Waals surface area contributed by atoms with Gasteiger partial charge in [-0.15, -0.1) is 0 Å². The number of aromatic hydroxyl groups is 2. The van der Waals surface area contributed by atoms with Crippen molar-refractivity contribution < 1.29 is 24.1 Å². The maximum atomic E-state index is 12.9. The van der Waals surface area contributed by atoms with Crippen molar-refractivity contribution >= 4 is 11.0 Å². The molecule has 2 N–H and O–H groups in total. The summed E-state index contributed by atoms with van der Waals surface area (Å²) in [6, 6.07) is 18.0. The van der Waals surface area contributed by atoms with Crippen molar-refractivity contribution in [2.24, 2.45) is 0 Å². The number of hydrogen-bond donors (Lipinski definition) is 2. The third-order valence-electron chi connectivity index (χ3n) is 6.17. The minimum atomic E-state index is -0.610. The Balaban J connectivity index is 1.41. The molecule has 0 amide bonds. The Bertz CT molecular complexity index is 1360. The molecule has 7 heteroatoms. The Labute approximate surface area is 202 Å². The zero-order valence-electron chi connectivity index (χ0n) is 19.3. The van der Waals surface area contributed by atoms with Crippen LogP contribution in [0.4, 0.5) is 0 Å². The molecule has 35 heavy (non-hydrogen) atoms. The van der Waals surface area contributed by atoms with Crippen LogP contribution >= 0.6 is 0 Å². The van der Waals surface area contributed by atoms with Gasteiger partial charge < -0.3 is 24.1 Å². The van der Waals surface area contributed by atoms with E-state index in [0.29, 0.717) is 29.1 Å². The van der Waals surface area contributed by atoms with E-state index in [2.05, 4.69) is 4.90 Å². The second-order valence-corrected chi connectivity index (χ2v) is 8.65. The Morgan fingerprint density at radius 3 is 2.26 bits per heavy atom. The zero-order valence-corrected chi connectivity index (χ0v) is 19.3. The number of hydrogen-bond acceptors (Lipinski definition) is 7. The van der Waals surface area contributed by atoms with Gasteiger partial charge in [0.15, 0.2) is 5.75 Å². The summed E-state index contributed by atoms with van der Waals surface area (Å²) in [5.74, 6) is 1.64. The highest BCUT2D eigenvalue weighted by atomic mass is 16.5. The lowest BCUT2D eigenvalue weighted by Gasteiger charge is -2.26. The number of ether oxygens (including phenoxy) is 2. The van der Waals surface area contributed by atoms with Crippen LogP contribution < -0.4 is 15.1 Å². The summed E-state index contributed by atoms with van der Waals surface area (Å²) in [7, 11) is 0. The van der Waals surface area contributed by atoms with Gasteiger partial charge in [0.1, 0.15) is 40.8 Å². The lowest BCUT2D eigenvalue weighted by atomic mass is 10.0. The molecule has 0 unspecified atom stereocenters. The predicted molar refractivity (Wildman–Crippen MR) is 134 cm³/mol. The first-order valence-corrected chi connectivity index (χ1v) is 11.8. The van der Waals surface area contributed by atoms with Crippen LogP contribution in [0.2, 0.25) is 0 Å². The van der Waals surface area contributed by atoms with Gasteiger partial charge in [-0.2, -0.15) is 0 Å². The lowest BCUT2D eigenvalue weighted by Crippen LogP contribution is -2.33. The van der Waals surface area contributed by atoms with Crippen LogP contribution in [0.5, 0.6) is 28.7 Å². The minimum Gasteiger partial charge on any atom is -0.508 e. The van der Waals surface area contributed by atoms with Gasteiger partial charge in [0.25, 0.3) is 0 Å². The van der Waals surface area contributed by atoms with Crippen molar-refractivity contribution in [3.63, 3.8) is 0 Å². The Morgan fingerprint density at radius 2 is 1.51 bits per heavy atom. The first-order chi connectivity index (χ1) is 17.1. The van der Waals surface area contributed by atoms with Gasteiger partial charge in [-0.05, 0) is 80.0 Å². The number of likely N-dealkylation sites (tertiary alicyclic amines) is 1. The molecule has 0 atom stereocenters. The molecule has 1 aliphatic heterocycles. The monoisotopic (exact) mass is 473 g/mol. The molecule has 7 nitrogen and oxygen atoms in total. The molecular formula is C28H27NO6. The van der Waals surface area contributed by atoms with Crippen molar-refractivity contribution in [1.82, 2.24) is 4.90 Å². The molecule has 1 saturated heterocycles.